The van der Waals surface area contributed by atoms with Crippen molar-refractivity contribution in [2.75, 3.05) is 17.2 Å². The molecule has 5 amide bonds. The maximum atomic E-state index is 13.6. The van der Waals surface area contributed by atoms with Gasteiger partial charge in [0.25, 0.3) is 35.3 Å². The summed E-state index contributed by atoms with van der Waals surface area (Å²) in [5.74, 6) is -6.89. The molecule has 6 rings (SSSR count). The van der Waals surface area contributed by atoms with Crippen molar-refractivity contribution < 1.29 is 78.5 Å². The number of carboxylic acid groups (broad SMARTS) is 1. The van der Waals surface area contributed by atoms with E-state index >= 15 is 0 Å². The van der Waals surface area contributed by atoms with Crippen LogP contribution in [-0.4, -0.2) is 109 Å². The molecular formula is C31H29N12NaO10S3. The van der Waals surface area contributed by atoms with Gasteiger partial charge in [0.15, 0.2) is 22.3 Å². The smallest absolute Gasteiger partial charge is 0.543 e. The van der Waals surface area contributed by atoms with Gasteiger partial charge < -0.3 is 41.7 Å². The molecule has 1 fully saturated rings. The number of thioether (sulfide) groups is 2. The number of fused-ring (bicyclic) bond motifs is 2. The maximum absolute atomic E-state index is 13.6. The molecule has 57 heavy (non-hydrogen) atoms. The summed E-state index contributed by atoms with van der Waals surface area (Å²) in [6.45, 7) is 4.24. The van der Waals surface area contributed by atoms with Crippen LogP contribution in [0.2, 0.25) is 0 Å². The minimum Gasteiger partial charge on any atom is -0.543 e. The van der Waals surface area contributed by atoms with Crippen molar-refractivity contribution in [1.29, 1.82) is 0 Å². The predicted molar refractivity (Wildman–Crippen MR) is 195 cm³/mol. The number of aromatic nitrogens is 5. The molecule has 9 N–H and O–H groups in total. The van der Waals surface area contributed by atoms with E-state index in [1.54, 1.807) is 13.0 Å². The topological polar surface area (TPSA) is 335 Å². The van der Waals surface area contributed by atoms with Crippen LogP contribution in [0, 0.1) is 6.92 Å². The molecule has 4 aromatic rings. The number of aryl methyl sites for hydroxylation is 1. The van der Waals surface area contributed by atoms with Crippen LogP contribution in [0.25, 0.3) is 5.78 Å². The number of oxime groups is 1. The van der Waals surface area contributed by atoms with Gasteiger partial charge in [-0.25, -0.2) is 9.97 Å². The number of carbonyl (C=O) groups excluding carboxylic acids is 6. The first kappa shape index (κ1) is 42.7. The number of nitrogens with zero attached hydrogens (tertiary/aromatic N) is 7. The number of anilines is 1. The van der Waals surface area contributed by atoms with Crippen molar-refractivity contribution in [3.63, 3.8) is 0 Å². The number of nitrogen functional groups attached to an aromatic ring is 1. The van der Waals surface area contributed by atoms with Gasteiger partial charge in [-0.2, -0.15) is 9.50 Å². The van der Waals surface area contributed by atoms with Crippen LogP contribution in [0.1, 0.15) is 46.2 Å². The Morgan fingerprint density at radius 3 is 2.51 bits per heavy atom. The molecule has 1 aromatic carbocycles. The van der Waals surface area contributed by atoms with Crippen LogP contribution in [0.15, 0.2) is 51.1 Å². The van der Waals surface area contributed by atoms with Gasteiger partial charge in [-0.15, -0.1) is 40.0 Å². The fourth-order valence-electron chi connectivity index (χ4n) is 5.12. The maximum Gasteiger partial charge on any atom is 1.00 e. The molecule has 0 radical (unpaired) electrons. The Hall–Kier alpha value is -5.47. The number of hydrogen-bond donors (Lipinski definition) is 7. The second-order valence-corrected chi connectivity index (χ2v) is 15.4. The minimum absolute atomic E-state index is 0. The molecule has 0 spiro atoms. The number of carboxylic acids is 1. The number of hydrogen-bond acceptors (Lipinski definition) is 19. The normalized spacial score (nSPS) is 16.6. The van der Waals surface area contributed by atoms with E-state index in [1.165, 1.54) is 41.6 Å². The molecule has 3 aromatic heterocycles. The Morgan fingerprint density at radius 2 is 1.86 bits per heavy atom. The summed E-state index contributed by atoms with van der Waals surface area (Å²) in [7, 11) is 0. The van der Waals surface area contributed by atoms with Crippen LogP contribution in [-0.2, 0) is 24.0 Å². The number of aromatic hydroxyl groups is 2. The number of primary amides is 1. The number of rotatable bonds is 12. The molecule has 292 valence electrons. The summed E-state index contributed by atoms with van der Waals surface area (Å²) < 4.78 is 1.30. The Labute approximate surface area is 355 Å². The molecule has 0 aliphatic carbocycles. The molecule has 1 saturated heterocycles. The Morgan fingerprint density at radius 1 is 1.12 bits per heavy atom. The summed E-state index contributed by atoms with van der Waals surface area (Å²) in [5, 5.41) is 43.1. The number of β-lactam (4-membered cyclic amide) rings is 1. The van der Waals surface area contributed by atoms with E-state index in [1.807, 2.05) is 0 Å². The summed E-state index contributed by atoms with van der Waals surface area (Å²) >= 11 is 3.31. The Kier molecular flexibility index (Phi) is 12.7. The first-order valence-electron chi connectivity index (χ1n) is 15.9. The number of nitrogens with two attached hydrogens (primary N) is 2. The third-order valence-electron chi connectivity index (χ3n) is 7.97. The van der Waals surface area contributed by atoms with Crippen molar-refractivity contribution in [2.24, 2.45) is 10.9 Å². The summed E-state index contributed by atoms with van der Waals surface area (Å²) in [6.07, 6.45) is 0. The van der Waals surface area contributed by atoms with Gasteiger partial charge in [-0.1, -0.05) is 5.16 Å². The zero-order valence-electron chi connectivity index (χ0n) is 30.1. The third kappa shape index (κ3) is 8.92. The Balaban J connectivity index is 0.00000620. The predicted octanol–water partition coefficient (Wildman–Crippen LogP) is -4.86. The van der Waals surface area contributed by atoms with Gasteiger partial charge in [0.05, 0.1) is 11.7 Å². The van der Waals surface area contributed by atoms with Crippen molar-refractivity contribution in [2.45, 2.75) is 42.8 Å². The zero-order chi connectivity index (χ0) is 40.6. The molecule has 0 saturated carbocycles. The zero-order valence-corrected chi connectivity index (χ0v) is 34.6. The number of aliphatic carboxylic acids is 1. The van der Waals surface area contributed by atoms with Crippen LogP contribution in [0.5, 0.6) is 11.5 Å². The van der Waals surface area contributed by atoms with E-state index < -0.39 is 69.7 Å². The monoisotopic (exact) mass is 848 g/mol. The van der Waals surface area contributed by atoms with Crippen molar-refractivity contribution in [3.05, 3.63) is 63.7 Å². The molecule has 5 heterocycles. The molecule has 26 heteroatoms. The van der Waals surface area contributed by atoms with Gasteiger partial charge in [-0.05, 0) is 50.6 Å². The molecule has 2 aliphatic heterocycles. The van der Waals surface area contributed by atoms with E-state index in [0.717, 1.165) is 40.1 Å². The summed E-state index contributed by atoms with van der Waals surface area (Å²) in [5.41, 5.74) is 13.4. The van der Waals surface area contributed by atoms with Gasteiger partial charge >= 0.3 is 29.6 Å². The number of amides is 5. The minimum atomic E-state index is -1.83. The van der Waals surface area contributed by atoms with Crippen LogP contribution >= 0.6 is 34.9 Å². The number of hydrazine groups is 1. The average molecular weight is 849 g/mol. The number of carbonyl (C=O) groups is 6. The number of thiazole rings is 1. The summed E-state index contributed by atoms with van der Waals surface area (Å²) in [4.78, 5) is 95.3. The van der Waals surface area contributed by atoms with E-state index in [-0.39, 0.29) is 74.8 Å². The first-order chi connectivity index (χ1) is 26.4. The molecule has 0 bridgehead atoms. The van der Waals surface area contributed by atoms with E-state index in [0.29, 0.717) is 16.3 Å². The number of phenols is 2. The second kappa shape index (κ2) is 16.9. The number of nitrogens with one attached hydrogen (secondary N) is 3. The first-order valence-corrected chi connectivity index (χ1v) is 18.8. The second-order valence-electron chi connectivity index (χ2n) is 12.4. The molecular weight excluding hydrogens is 820 g/mol. The van der Waals surface area contributed by atoms with E-state index in [4.69, 9.17) is 16.3 Å². The number of benzene rings is 1. The quantitative estimate of drug-likeness (QED) is 0.0134. The van der Waals surface area contributed by atoms with Crippen molar-refractivity contribution in [3.8, 4) is 11.5 Å². The standard InChI is InChI=1S/C31H30N12O10S3.Na/c1-11-6-17(43-30(34-11)37-22(40-43)21(32)46)54-8-13-9-55-26-19(25(49)42(26)20(13)27(50)51)36-24(48)18(14-10-56-29(33)35-14)41-53-31(2,3)28(52)39-38-23(47)12-4-5-15(44)16(45)7-12;/h4-7,10,19,26,44-45H,8-9H2,1-3H3,(H2,32,46)(H2,33,35)(H,36,48)(H,38,47)(H,39,52)(H,50,51);/q;+1/p-1. The van der Waals surface area contributed by atoms with Gasteiger partial charge in [-0.3, -0.25) is 39.7 Å². The van der Waals surface area contributed by atoms with E-state index in [9.17, 15) is 44.1 Å². The van der Waals surface area contributed by atoms with Crippen molar-refractivity contribution in [1.82, 2.24) is 45.6 Å². The SMILES string of the molecule is Cc1cc(SCC2=C(C(=O)[O-])N3C(=O)C(NC(=O)C(=NOC(C)(C)C(=O)NNC(=O)c4ccc(O)c(O)c4)c4csc(N)n4)C3SC2)n2nc(C(N)=O)nc2n1.[Na+]. The molecule has 2 atom stereocenters. The fourth-order valence-corrected chi connectivity index (χ4v) is 8.20. The van der Waals surface area contributed by atoms with Gasteiger partial charge in [0, 0.05) is 28.1 Å². The van der Waals surface area contributed by atoms with E-state index in [2.05, 4.69) is 41.4 Å². The Bertz CT molecular complexity index is 2400. The van der Waals surface area contributed by atoms with Crippen molar-refractivity contribution >= 4 is 87.0 Å². The third-order valence-corrected chi connectivity index (χ3v) is 11.1. The summed E-state index contributed by atoms with van der Waals surface area (Å²) in [6, 6.07) is 3.70. The van der Waals surface area contributed by atoms with Gasteiger partial charge in [0.2, 0.25) is 11.4 Å². The average Bonchev–Trinajstić information content (AvgIpc) is 3.78. The van der Waals surface area contributed by atoms with Crippen LogP contribution < -0.4 is 62.3 Å². The van der Waals surface area contributed by atoms with Crippen LogP contribution in [0.4, 0.5) is 5.13 Å². The molecule has 22 nitrogen and oxygen atoms in total. The van der Waals surface area contributed by atoms with Crippen LogP contribution in [0.3, 0.4) is 0 Å². The number of phenolic OH excluding ortho intramolecular Hbond substituents is 2. The largest absolute Gasteiger partial charge is 1.00 e. The molecule has 2 aliphatic rings. The fraction of sp³-hybridized carbons (Fsp3) is 0.258. The van der Waals surface area contributed by atoms with Gasteiger partial charge in [0.1, 0.15) is 22.1 Å². The molecule has 2 unspecified atom stereocenters.